The standard InChI is InChI=1S/C13H13FN2O/c1-9-12(3-2-6-16-9)17-13-5-4-11(14)7-10(13)8-15/h2-7H,8,15H2,1H3. The maximum Gasteiger partial charge on any atom is 0.148 e. The SMILES string of the molecule is Cc1ncccc1Oc1ccc(F)cc1CN. The van der Waals surface area contributed by atoms with Gasteiger partial charge in [-0.15, -0.1) is 0 Å². The molecule has 4 heteroatoms. The summed E-state index contributed by atoms with van der Waals surface area (Å²) in [4.78, 5) is 4.12. The smallest absolute Gasteiger partial charge is 0.148 e. The fourth-order valence-corrected chi connectivity index (χ4v) is 1.50. The maximum atomic E-state index is 13.0. The summed E-state index contributed by atoms with van der Waals surface area (Å²) in [7, 11) is 0. The fraction of sp³-hybridized carbons (Fsp3) is 0.154. The molecule has 0 amide bonds. The molecule has 2 rings (SSSR count). The van der Waals surface area contributed by atoms with Crippen molar-refractivity contribution in [3.05, 3.63) is 53.6 Å². The zero-order valence-corrected chi connectivity index (χ0v) is 9.48. The van der Waals surface area contributed by atoms with Crippen molar-refractivity contribution in [1.29, 1.82) is 0 Å². The molecule has 0 atom stereocenters. The van der Waals surface area contributed by atoms with Gasteiger partial charge in [-0.2, -0.15) is 0 Å². The number of nitrogens with two attached hydrogens (primary N) is 1. The molecule has 1 aromatic heterocycles. The highest BCUT2D eigenvalue weighted by atomic mass is 19.1. The first kappa shape index (κ1) is 11.5. The topological polar surface area (TPSA) is 48.1 Å². The average molecular weight is 232 g/mol. The lowest BCUT2D eigenvalue weighted by molar-refractivity contribution is 0.467. The first-order valence-corrected chi connectivity index (χ1v) is 5.28. The van der Waals surface area contributed by atoms with E-state index in [1.165, 1.54) is 12.1 Å². The molecule has 0 aliphatic carbocycles. The summed E-state index contributed by atoms with van der Waals surface area (Å²) in [6.45, 7) is 2.08. The van der Waals surface area contributed by atoms with Crippen molar-refractivity contribution in [2.75, 3.05) is 0 Å². The average Bonchev–Trinajstić information content (AvgIpc) is 2.34. The molecule has 2 aromatic rings. The lowest BCUT2D eigenvalue weighted by atomic mass is 10.2. The highest BCUT2D eigenvalue weighted by Gasteiger charge is 2.07. The number of rotatable bonds is 3. The minimum Gasteiger partial charge on any atom is -0.455 e. The van der Waals surface area contributed by atoms with E-state index in [1.807, 2.05) is 13.0 Å². The van der Waals surface area contributed by atoms with Gasteiger partial charge in [0.05, 0.1) is 5.69 Å². The first-order valence-electron chi connectivity index (χ1n) is 5.28. The van der Waals surface area contributed by atoms with E-state index in [-0.39, 0.29) is 12.4 Å². The molecule has 0 radical (unpaired) electrons. The van der Waals surface area contributed by atoms with Crippen LogP contribution in [0.15, 0.2) is 36.5 Å². The maximum absolute atomic E-state index is 13.0. The Morgan fingerprint density at radius 3 is 2.82 bits per heavy atom. The van der Waals surface area contributed by atoms with Gasteiger partial charge in [0.1, 0.15) is 17.3 Å². The summed E-state index contributed by atoms with van der Waals surface area (Å²) < 4.78 is 18.7. The predicted molar refractivity (Wildman–Crippen MR) is 63.3 cm³/mol. The van der Waals surface area contributed by atoms with Gasteiger partial charge < -0.3 is 10.5 Å². The quantitative estimate of drug-likeness (QED) is 0.885. The van der Waals surface area contributed by atoms with Crippen LogP contribution in [0.2, 0.25) is 0 Å². The van der Waals surface area contributed by atoms with Crippen LogP contribution in [0.3, 0.4) is 0 Å². The molecular formula is C13H13FN2O. The van der Waals surface area contributed by atoms with Gasteiger partial charge in [-0.05, 0) is 37.3 Å². The molecule has 0 spiro atoms. The van der Waals surface area contributed by atoms with Crippen molar-refractivity contribution in [3.8, 4) is 11.5 Å². The summed E-state index contributed by atoms with van der Waals surface area (Å²) in [6, 6.07) is 7.89. The second kappa shape index (κ2) is 4.93. The molecule has 0 unspecified atom stereocenters. The lowest BCUT2D eigenvalue weighted by Crippen LogP contribution is -2.01. The van der Waals surface area contributed by atoms with Crippen LogP contribution in [0.4, 0.5) is 4.39 Å². The number of hydrogen-bond donors (Lipinski definition) is 1. The Labute approximate surface area is 99.1 Å². The summed E-state index contributed by atoms with van der Waals surface area (Å²) in [5.41, 5.74) is 6.96. The molecule has 88 valence electrons. The molecular weight excluding hydrogens is 219 g/mol. The minimum absolute atomic E-state index is 0.229. The molecule has 3 nitrogen and oxygen atoms in total. The van der Waals surface area contributed by atoms with E-state index in [9.17, 15) is 4.39 Å². The second-order valence-electron chi connectivity index (χ2n) is 3.65. The van der Waals surface area contributed by atoms with Crippen LogP contribution in [-0.2, 0) is 6.54 Å². The third-order valence-electron chi connectivity index (χ3n) is 2.42. The van der Waals surface area contributed by atoms with Gasteiger partial charge in [-0.1, -0.05) is 0 Å². The van der Waals surface area contributed by atoms with Crippen molar-refractivity contribution in [2.24, 2.45) is 5.73 Å². The molecule has 1 aromatic carbocycles. The van der Waals surface area contributed by atoms with Crippen molar-refractivity contribution in [2.45, 2.75) is 13.5 Å². The van der Waals surface area contributed by atoms with E-state index in [0.29, 0.717) is 17.1 Å². The molecule has 0 saturated carbocycles. The van der Waals surface area contributed by atoms with Crippen LogP contribution >= 0.6 is 0 Å². The Hall–Kier alpha value is -1.94. The Morgan fingerprint density at radius 1 is 1.29 bits per heavy atom. The van der Waals surface area contributed by atoms with Crippen LogP contribution < -0.4 is 10.5 Å². The number of halogens is 1. The van der Waals surface area contributed by atoms with E-state index in [4.69, 9.17) is 10.5 Å². The molecule has 0 saturated heterocycles. The Balaban J connectivity index is 2.33. The molecule has 0 bridgehead atoms. The second-order valence-corrected chi connectivity index (χ2v) is 3.65. The highest BCUT2D eigenvalue weighted by molar-refractivity contribution is 5.39. The molecule has 17 heavy (non-hydrogen) atoms. The summed E-state index contributed by atoms with van der Waals surface area (Å²) >= 11 is 0. The largest absolute Gasteiger partial charge is 0.455 e. The zero-order valence-electron chi connectivity index (χ0n) is 9.48. The molecule has 1 heterocycles. The molecule has 0 aliphatic rings. The third kappa shape index (κ3) is 2.60. The number of benzene rings is 1. The van der Waals surface area contributed by atoms with Crippen molar-refractivity contribution >= 4 is 0 Å². The van der Waals surface area contributed by atoms with Crippen molar-refractivity contribution in [1.82, 2.24) is 4.98 Å². The van der Waals surface area contributed by atoms with E-state index in [2.05, 4.69) is 4.98 Å². The van der Waals surface area contributed by atoms with Gasteiger partial charge >= 0.3 is 0 Å². The zero-order chi connectivity index (χ0) is 12.3. The van der Waals surface area contributed by atoms with E-state index in [0.717, 1.165) is 5.69 Å². The van der Waals surface area contributed by atoms with E-state index < -0.39 is 0 Å². The van der Waals surface area contributed by atoms with Crippen LogP contribution in [0.1, 0.15) is 11.3 Å². The highest BCUT2D eigenvalue weighted by Crippen LogP contribution is 2.27. The van der Waals surface area contributed by atoms with Gasteiger partial charge in [0.25, 0.3) is 0 Å². The number of nitrogens with zero attached hydrogens (tertiary/aromatic N) is 1. The van der Waals surface area contributed by atoms with Crippen LogP contribution in [-0.4, -0.2) is 4.98 Å². The summed E-state index contributed by atoms with van der Waals surface area (Å²) in [6.07, 6.45) is 1.69. The van der Waals surface area contributed by atoms with Crippen molar-refractivity contribution < 1.29 is 9.13 Å². The van der Waals surface area contributed by atoms with Gasteiger partial charge in [0.2, 0.25) is 0 Å². The lowest BCUT2D eigenvalue weighted by Gasteiger charge is -2.11. The Kier molecular flexibility index (Phi) is 3.35. The number of pyridine rings is 1. The number of aryl methyl sites for hydroxylation is 1. The first-order chi connectivity index (χ1) is 8.20. The summed E-state index contributed by atoms with van der Waals surface area (Å²) in [5, 5.41) is 0. The van der Waals surface area contributed by atoms with Crippen LogP contribution in [0.5, 0.6) is 11.5 Å². The molecule has 0 aliphatic heterocycles. The van der Waals surface area contributed by atoms with Gasteiger partial charge in [0, 0.05) is 18.3 Å². The van der Waals surface area contributed by atoms with Gasteiger partial charge in [-0.3, -0.25) is 4.98 Å². The van der Waals surface area contributed by atoms with Crippen molar-refractivity contribution in [3.63, 3.8) is 0 Å². The van der Waals surface area contributed by atoms with Crippen LogP contribution in [0, 0.1) is 12.7 Å². The number of ether oxygens (including phenoxy) is 1. The van der Waals surface area contributed by atoms with Gasteiger partial charge in [-0.25, -0.2) is 4.39 Å². The third-order valence-corrected chi connectivity index (χ3v) is 2.42. The van der Waals surface area contributed by atoms with Crippen LogP contribution in [0.25, 0.3) is 0 Å². The van der Waals surface area contributed by atoms with E-state index >= 15 is 0 Å². The number of hydrogen-bond acceptors (Lipinski definition) is 3. The van der Waals surface area contributed by atoms with E-state index in [1.54, 1.807) is 18.3 Å². The molecule has 0 fully saturated rings. The fourth-order valence-electron chi connectivity index (χ4n) is 1.50. The number of aromatic nitrogens is 1. The normalized spacial score (nSPS) is 10.3. The Morgan fingerprint density at radius 2 is 2.12 bits per heavy atom. The monoisotopic (exact) mass is 232 g/mol. The summed E-state index contributed by atoms with van der Waals surface area (Å²) in [5.74, 6) is 0.888. The predicted octanol–water partition coefficient (Wildman–Crippen LogP) is 2.78. The molecule has 2 N–H and O–H groups in total. The minimum atomic E-state index is -0.319. The Bertz CT molecular complexity index is 529. The van der Waals surface area contributed by atoms with Gasteiger partial charge in [0.15, 0.2) is 0 Å².